The molecule has 0 radical (unpaired) electrons. The summed E-state index contributed by atoms with van der Waals surface area (Å²) >= 11 is 1.28. The van der Waals surface area contributed by atoms with E-state index in [2.05, 4.69) is 22.1 Å². The van der Waals surface area contributed by atoms with Crippen molar-refractivity contribution in [2.24, 2.45) is 0 Å². The molecule has 0 fully saturated rings. The van der Waals surface area contributed by atoms with E-state index >= 15 is 0 Å². The van der Waals surface area contributed by atoms with Gasteiger partial charge in [-0.25, -0.2) is 0 Å². The summed E-state index contributed by atoms with van der Waals surface area (Å²) in [7, 11) is 1.61. The fourth-order valence-corrected chi connectivity index (χ4v) is 3.46. The number of rotatable bonds is 8. The molecule has 2 aromatic carbocycles. The predicted molar refractivity (Wildman–Crippen MR) is 113 cm³/mol. The molecule has 7 nitrogen and oxygen atoms in total. The van der Waals surface area contributed by atoms with Crippen LogP contribution in [-0.2, 0) is 11.3 Å². The summed E-state index contributed by atoms with van der Waals surface area (Å²) in [5.41, 5.74) is 1.88. The number of hydrogen-bond acceptors (Lipinski definition) is 6. The van der Waals surface area contributed by atoms with Crippen molar-refractivity contribution in [1.29, 1.82) is 5.26 Å². The van der Waals surface area contributed by atoms with Gasteiger partial charge in [0.15, 0.2) is 11.0 Å². The summed E-state index contributed by atoms with van der Waals surface area (Å²) in [6.07, 6.45) is 1.75. The van der Waals surface area contributed by atoms with Gasteiger partial charge in [0.2, 0.25) is 5.91 Å². The molecule has 3 aromatic rings. The Labute approximate surface area is 173 Å². The molecule has 0 unspecified atom stereocenters. The first-order chi connectivity index (χ1) is 14.2. The van der Waals surface area contributed by atoms with Gasteiger partial charge in [-0.2, -0.15) is 5.26 Å². The Balaban J connectivity index is 1.75. The van der Waals surface area contributed by atoms with E-state index in [9.17, 15) is 4.79 Å². The van der Waals surface area contributed by atoms with Crippen molar-refractivity contribution >= 4 is 23.4 Å². The minimum Gasteiger partial charge on any atom is -0.496 e. The minimum atomic E-state index is -0.197. The van der Waals surface area contributed by atoms with Gasteiger partial charge in [0.1, 0.15) is 5.75 Å². The highest BCUT2D eigenvalue weighted by atomic mass is 32.2. The molecule has 3 rings (SSSR count). The van der Waals surface area contributed by atoms with Gasteiger partial charge in [-0.15, -0.1) is 16.8 Å². The van der Waals surface area contributed by atoms with Crippen LogP contribution in [0.25, 0.3) is 11.4 Å². The fraction of sp³-hybridized carbons (Fsp3) is 0.143. The van der Waals surface area contributed by atoms with Gasteiger partial charge in [0.25, 0.3) is 0 Å². The van der Waals surface area contributed by atoms with Gasteiger partial charge in [0.05, 0.1) is 30.1 Å². The third kappa shape index (κ3) is 4.83. The molecule has 0 aliphatic rings. The zero-order chi connectivity index (χ0) is 20.6. The number of aromatic nitrogens is 3. The van der Waals surface area contributed by atoms with Crippen LogP contribution < -0.4 is 10.1 Å². The lowest BCUT2D eigenvalue weighted by Gasteiger charge is -2.10. The number of hydrogen-bond donors (Lipinski definition) is 1. The van der Waals surface area contributed by atoms with Crippen LogP contribution in [0, 0.1) is 11.3 Å². The molecule has 0 saturated heterocycles. The lowest BCUT2D eigenvalue weighted by atomic mass is 10.2. The van der Waals surface area contributed by atoms with Crippen molar-refractivity contribution in [3.63, 3.8) is 0 Å². The van der Waals surface area contributed by atoms with Crippen LogP contribution in [0.1, 0.15) is 5.56 Å². The Morgan fingerprint density at radius 3 is 2.90 bits per heavy atom. The van der Waals surface area contributed by atoms with E-state index in [1.807, 2.05) is 34.9 Å². The molecule has 8 heteroatoms. The summed E-state index contributed by atoms with van der Waals surface area (Å²) in [6.45, 7) is 4.29. The number of benzene rings is 2. The average molecular weight is 405 g/mol. The molecule has 0 aliphatic heterocycles. The van der Waals surface area contributed by atoms with Crippen LogP contribution in [0.2, 0.25) is 0 Å². The number of allylic oxidation sites excluding steroid dienone is 1. The quantitative estimate of drug-likeness (QED) is 0.453. The summed E-state index contributed by atoms with van der Waals surface area (Å²) in [6, 6.07) is 16.4. The van der Waals surface area contributed by atoms with E-state index in [0.29, 0.717) is 34.5 Å². The van der Waals surface area contributed by atoms with Gasteiger partial charge >= 0.3 is 0 Å². The Hall–Kier alpha value is -3.57. The molecule has 1 amide bonds. The van der Waals surface area contributed by atoms with E-state index in [1.165, 1.54) is 11.8 Å². The van der Waals surface area contributed by atoms with Crippen LogP contribution in [0.15, 0.2) is 66.3 Å². The fourth-order valence-electron chi connectivity index (χ4n) is 2.71. The van der Waals surface area contributed by atoms with Crippen molar-refractivity contribution < 1.29 is 9.53 Å². The second-order valence-electron chi connectivity index (χ2n) is 5.94. The summed E-state index contributed by atoms with van der Waals surface area (Å²) in [4.78, 5) is 12.3. The number of anilines is 1. The molecular weight excluding hydrogens is 386 g/mol. The maximum Gasteiger partial charge on any atom is 0.234 e. The highest BCUT2D eigenvalue weighted by Gasteiger charge is 2.17. The molecule has 1 aromatic heterocycles. The zero-order valence-electron chi connectivity index (χ0n) is 15.8. The number of nitrogens with one attached hydrogen (secondary N) is 1. The smallest absolute Gasteiger partial charge is 0.234 e. The Bertz CT molecular complexity index is 1070. The van der Waals surface area contributed by atoms with Crippen LogP contribution in [-0.4, -0.2) is 33.5 Å². The van der Waals surface area contributed by atoms with E-state index in [-0.39, 0.29) is 11.7 Å². The predicted octanol–water partition coefficient (Wildman–Crippen LogP) is 3.74. The Morgan fingerprint density at radius 1 is 1.31 bits per heavy atom. The maximum absolute atomic E-state index is 12.3. The first-order valence-corrected chi connectivity index (χ1v) is 9.75. The van der Waals surface area contributed by atoms with Gasteiger partial charge < -0.3 is 10.1 Å². The van der Waals surface area contributed by atoms with Crippen LogP contribution in [0.4, 0.5) is 5.69 Å². The normalized spacial score (nSPS) is 10.2. The first kappa shape index (κ1) is 20.2. The van der Waals surface area contributed by atoms with Gasteiger partial charge in [-0.1, -0.05) is 36.0 Å². The first-order valence-electron chi connectivity index (χ1n) is 8.76. The number of thioether (sulfide) groups is 1. The maximum atomic E-state index is 12.3. The van der Waals surface area contributed by atoms with Crippen molar-refractivity contribution in [1.82, 2.24) is 14.8 Å². The van der Waals surface area contributed by atoms with E-state index < -0.39 is 0 Å². The van der Waals surface area contributed by atoms with Crippen molar-refractivity contribution in [2.75, 3.05) is 18.2 Å². The SMILES string of the molecule is C=CCn1c(SCC(=O)Nc2cccc(C#N)c2)nnc1-c1ccccc1OC. The highest BCUT2D eigenvalue weighted by molar-refractivity contribution is 7.99. The average Bonchev–Trinajstić information content (AvgIpc) is 3.15. The molecule has 0 spiro atoms. The molecular formula is C21H19N5O2S. The van der Waals surface area contributed by atoms with E-state index in [1.54, 1.807) is 37.5 Å². The molecule has 1 N–H and O–H groups in total. The number of carbonyl (C=O) groups is 1. The second-order valence-corrected chi connectivity index (χ2v) is 6.88. The van der Waals surface area contributed by atoms with Crippen LogP contribution in [0.5, 0.6) is 5.75 Å². The lowest BCUT2D eigenvalue weighted by molar-refractivity contribution is -0.113. The molecule has 0 atom stereocenters. The summed E-state index contributed by atoms with van der Waals surface area (Å²) in [5, 5.41) is 20.9. The van der Waals surface area contributed by atoms with E-state index in [0.717, 1.165) is 5.56 Å². The third-order valence-corrected chi connectivity index (χ3v) is 4.95. The van der Waals surface area contributed by atoms with E-state index in [4.69, 9.17) is 10.00 Å². The Kier molecular flexibility index (Phi) is 6.66. The minimum absolute atomic E-state index is 0.151. The molecule has 146 valence electrons. The van der Waals surface area contributed by atoms with Gasteiger partial charge in [0, 0.05) is 12.2 Å². The number of nitriles is 1. The molecule has 29 heavy (non-hydrogen) atoms. The number of methoxy groups -OCH3 is 1. The number of nitrogens with zero attached hydrogens (tertiary/aromatic N) is 4. The number of para-hydroxylation sites is 1. The number of ether oxygens (including phenoxy) is 1. The Morgan fingerprint density at radius 2 is 2.14 bits per heavy atom. The van der Waals surface area contributed by atoms with Gasteiger partial charge in [-0.3, -0.25) is 9.36 Å². The molecule has 1 heterocycles. The van der Waals surface area contributed by atoms with Crippen molar-refractivity contribution in [3.8, 4) is 23.2 Å². The lowest BCUT2D eigenvalue weighted by Crippen LogP contribution is -2.14. The van der Waals surface area contributed by atoms with Crippen LogP contribution in [0.3, 0.4) is 0 Å². The van der Waals surface area contributed by atoms with Crippen molar-refractivity contribution in [3.05, 3.63) is 66.7 Å². The topological polar surface area (TPSA) is 92.8 Å². The molecule has 0 aliphatic carbocycles. The van der Waals surface area contributed by atoms with Crippen molar-refractivity contribution in [2.45, 2.75) is 11.7 Å². The second kappa shape index (κ2) is 9.57. The summed E-state index contributed by atoms with van der Waals surface area (Å²) < 4.78 is 7.31. The zero-order valence-corrected chi connectivity index (χ0v) is 16.6. The monoisotopic (exact) mass is 405 g/mol. The third-order valence-electron chi connectivity index (χ3n) is 3.98. The number of carbonyl (C=O) groups excluding carboxylic acids is 1. The molecule has 0 bridgehead atoms. The standard InChI is InChI=1S/C21H19N5O2S/c1-3-11-26-20(17-9-4-5-10-18(17)28-2)24-25-21(26)29-14-19(27)23-16-8-6-7-15(12-16)13-22/h3-10,12H,1,11,14H2,2H3,(H,23,27). The summed E-state index contributed by atoms with van der Waals surface area (Å²) in [5.74, 6) is 1.29. The largest absolute Gasteiger partial charge is 0.496 e. The molecule has 0 saturated carbocycles. The van der Waals surface area contributed by atoms with Crippen LogP contribution >= 0.6 is 11.8 Å². The highest BCUT2D eigenvalue weighted by Crippen LogP contribution is 2.30. The van der Waals surface area contributed by atoms with Gasteiger partial charge in [-0.05, 0) is 30.3 Å². The number of amides is 1.